The second kappa shape index (κ2) is 4.70. The van der Waals surface area contributed by atoms with Crippen molar-refractivity contribution < 1.29 is 9.59 Å². The van der Waals surface area contributed by atoms with E-state index >= 15 is 0 Å². The third-order valence-electron chi connectivity index (χ3n) is 2.30. The zero-order valence-corrected chi connectivity index (χ0v) is 10.4. The highest BCUT2D eigenvalue weighted by atomic mass is 32.2. The maximum absolute atomic E-state index is 11.4. The molecule has 1 N–H and O–H groups in total. The lowest BCUT2D eigenvalue weighted by atomic mass is 10.4. The maximum atomic E-state index is 11.4. The standard InChI is InChI=1S/C10H12N4O2S/c1-6-3-7(11-2)13-8(12-6)4-14-9(15)5-17-10(14)16/h3H,4-5H2,1-2H3,(H,11,12,13). The van der Waals surface area contributed by atoms with Gasteiger partial charge in [-0.1, -0.05) is 11.8 Å². The monoisotopic (exact) mass is 252 g/mol. The van der Waals surface area contributed by atoms with Crippen molar-refractivity contribution in [1.29, 1.82) is 0 Å². The van der Waals surface area contributed by atoms with Gasteiger partial charge >= 0.3 is 0 Å². The van der Waals surface area contributed by atoms with Gasteiger partial charge in [-0.2, -0.15) is 0 Å². The van der Waals surface area contributed by atoms with Crippen molar-refractivity contribution in [3.05, 3.63) is 17.6 Å². The van der Waals surface area contributed by atoms with Crippen LogP contribution in [0, 0.1) is 6.92 Å². The molecule has 1 aromatic heterocycles. The predicted octanol–water partition coefficient (Wildman–Crippen LogP) is 1.02. The average molecular weight is 252 g/mol. The molecule has 90 valence electrons. The Labute approximate surface area is 103 Å². The number of thioether (sulfide) groups is 1. The third-order valence-corrected chi connectivity index (χ3v) is 3.16. The van der Waals surface area contributed by atoms with E-state index < -0.39 is 0 Å². The number of nitrogens with one attached hydrogen (secondary N) is 1. The molecule has 2 rings (SSSR count). The molecule has 0 atom stereocenters. The Morgan fingerprint density at radius 2 is 2.24 bits per heavy atom. The molecule has 0 saturated carbocycles. The molecule has 0 bridgehead atoms. The van der Waals surface area contributed by atoms with Crippen LogP contribution in [-0.2, 0) is 11.3 Å². The Morgan fingerprint density at radius 1 is 1.47 bits per heavy atom. The van der Waals surface area contributed by atoms with E-state index in [1.165, 1.54) is 4.90 Å². The van der Waals surface area contributed by atoms with E-state index in [4.69, 9.17) is 0 Å². The lowest BCUT2D eigenvalue weighted by Gasteiger charge is -2.12. The zero-order valence-electron chi connectivity index (χ0n) is 9.56. The Balaban J connectivity index is 2.20. The number of nitrogens with zero attached hydrogens (tertiary/aromatic N) is 3. The van der Waals surface area contributed by atoms with Crippen LogP contribution in [0.4, 0.5) is 10.6 Å². The number of carbonyl (C=O) groups excluding carboxylic acids is 2. The van der Waals surface area contributed by atoms with Gasteiger partial charge in [0.2, 0.25) is 5.91 Å². The largest absolute Gasteiger partial charge is 0.373 e. The van der Waals surface area contributed by atoms with Crippen molar-refractivity contribution in [2.75, 3.05) is 18.1 Å². The number of carbonyl (C=O) groups is 2. The maximum Gasteiger partial charge on any atom is 0.289 e. The van der Waals surface area contributed by atoms with Crippen LogP contribution in [0.25, 0.3) is 0 Å². The molecule has 17 heavy (non-hydrogen) atoms. The summed E-state index contributed by atoms with van der Waals surface area (Å²) in [7, 11) is 1.76. The fourth-order valence-electron chi connectivity index (χ4n) is 1.50. The summed E-state index contributed by atoms with van der Waals surface area (Å²) in [5.74, 6) is 1.18. The average Bonchev–Trinajstić information content (AvgIpc) is 2.60. The number of hydrogen-bond acceptors (Lipinski definition) is 6. The second-order valence-corrected chi connectivity index (χ2v) is 4.52. The van der Waals surface area contributed by atoms with E-state index in [1.54, 1.807) is 13.1 Å². The number of anilines is 1. The molecular formula is C10H12N4O2S. The second-order valence-electron chi connectivity index (χ2n) is 3.60. The van der Waals surface area contributed by atoms with Gasteiger partial charge in [0.25, 0.3) is 5.24 Å². The molecule has 1 aliphatic heterocycles. The normalized spacial score (nSPS) is 15.5. The van der Waals surface area contributed by atoms with Gasteiger partial charge in [0.1, 0.15) is 5.82 Å². The summed E-state index contributed by atoms with van der Waals surface area (Å²) in [6, 6.07) is 1.80. The molecule has 0 unspecified atom stereocenters. The van der Waals surface area contributed by atoms with Crippen LogP contribution >= 0.6 is 11.8 Å². The molecule has 2 heterocycles. The fraction of sp³-hybridized carbons (Fsp3) is 0.400. The fourth-order valence-corrected chi connectivity index (χ4v) is 2.23. The van der Waals surface area contributed by atoms with Crippen LogP contribution in [0.3, 0.4) is 0 Å². The summed E-state index contributed by atoms with van der Waals surface area (Å²) in [5.41, 5.74) is 0.797. The summed E-state index contributed by atoms with van der Waals surface area (Å²) < 4.78 is 0. The highest BCUT2D eigenvalue weighted by Gasteiger charge is 2.30. The predicted molar refractivity (Wildman–Crippen MR) is 64.7 cm³/mol. The number of rotatable bonds is 3. The van der Waals surface area contributed by atoms with Crippen molar-refractivity contribution in [3.63, 3.8) is 0 Å². The molecule has 2 amide bonds. The minimum Gasteiger partial charge on any atom is -0.373 e. The highest BCUT2D eigenvalue weighted by Crippen LogP contribution is 2.20. The molecule has 6 nitrogen and oxygen atoms in total. The van der Waals surface area contributed by atoms with E-state index in [-0.39, 0.29) is 23.4 Å². The number of amides is 2. The third kappa shape index (κ3) is 2.55. The molecule has 7 heteroatoms. The summed E-state index contributed by atoms with van der Waals surface area (Å²) >= 11 is 1.01. The molecule has 1 aliphatic rings. The Morgan fingerprint density at radius 3 is 2.82 bits per heavy atom. The smallest absolute Gasteiger partial charge is 0.289 e. The summed E-state index contributed by atoms with van der Waals surface area (Å²) in [6.45, 7) is 1.98. The van der Waals surface area contributed by atoms with E-state index in [0.29, 0.717) is 11.6 Å². The summed E-state index contributed by atoms with van der Waals surface area (Å²) in [5, 5.41) is 2.68. The van der Waals surface area contributed by atoms with E-state index in [0.717, 1.165) is 17.5 Å². The highest BCUT2D eigenvalue weighted by molar-refractivity contribution is 8.14. The van der Waals surface area contributed by atoms with Crippen molar-refractivity contribution >= 4 is 28.7 Å². The van der Waals surface area contributed by atoms with Crippen LogP contribution in [0.2, 0.25) is 0 Å². The molecule has 0 aromatic carbocycles. The molecule has 1 saturated heterocycles. The van der Waals surface area contributed by atoms with Gasteiger partial charge in [-0.25, -0.2) is 9.97 Å². The number of hydrogen-bond donors (Lipinski definition) is 1. The first kappa shape index (κ1) is 11.8. The van der Waals surface area contributed by atoms with Crippen molar-refractivity contribution in [2.45, 2.75) is 13.5 Å². The van der Waals surface area contributed by atoms with Gasteiger partial charge in [-0.05, 0) is 6.92 Å². The van der Waals surface area contributed by atoms with Crippen LogP contribution in [0.15, 0.2) is 6.07 Å². The van der Waals surface area contributed by atoms with Crippen molar-refractivity contribution in [3.8, 4) is 0 Å². The van der Waals surface area contributed by atoms with Gasteiger partial charge in [-0.3, -0.25) is 14.5 Å². The number of aromatic nitrogens is 2. The van der Waals surface area contributed by atoms with E-state index in [9.17, 15) is 9.59 Å². The van der Waals surface area contributed by atoms with Crippen LogP contribution < -0.4 is 5.32 Å². The quantitative estimate of drug-likeness (QED) is 0.865. The molecular weight excluding hydrogens is 240 g/mol. The SMILES string of the molecule is CNc1cc(C)nc(CN2C(=O)CSC2=O)n1. The first-order valence-corrected chi connectivity index (χ1v) is 6.08. The van der Waals surface area contributed by atoms with E-state index in [1.807, 2.05) is 6.92 Å². The molecule has 0 radical (unpaired) electrons. The van der Waals surface area contributed by atoms with Gasteiger partial charge in [0.15, 0.2) is 5.82 Å². The first-order chi connectivity index (χ1) is 8.10. The molecule has 1 fully saturated rings. The Kier molecular flexibility index (Phi) is 3.28. The van der Waals surface area contributed by atoms with Gasteiger partial charge in [-0.15, -0.1) is 0 Å². The van der Waals surface area contributed by atoms with Crippen molar-refractivity contribution in [1.82, 2.24) is 14.9 Å². The Bertz CT molecular complexity index is 461. The minimum atomic E-state index is -0.230. The van der Waals surface area contributed by atoms with Gasteiger partial charge in [0, 0.05) is 18.8 Å². The van der Waals surface area contributed by atoms with Crippen LogP contribution in [-0.4, -0.2) is 38.8 Å². The molecule has 0 aliphatic carbocycles. The molecule has 1 aromatic rings. The van der Waals surface area contributed by atoms with E-state index in [2.05, 4.69) is 15.3 Å². The zero-order chi connectivity index (χ0) is 12.4. The topological polar surface area (TPSA) is 75.2 Å². The first-order valence-electron chi connectivity index (χ1n) is 5.09. The minimum absolute atomic E-state index is 0.140. The summed E-state index contributed by atoms with van der Waals surface area (Å²) in [4.78, 5) is 32.5. The number of aryl methyl sites for hydroxylation is 1. The van der Waals surface area contributed by atoms with Crippen molar-refractivity contribution in [2.24, 2.45) is 0 Å². The lowest BCUT2D eigenvalue weighted by Crippen LogP contribution is -2.29. The van der Waals surface area contributed by atoms with Crippen LogP contribution in [0.1, 0.15) is 11.5 Å². The van der Waals surface area contributed by atoms with Gasteiger partial charge in [0.05, 0.1) is 12.3 Å². The lowest BCUT2D eigenvalue weighted by molar-refractivity contribution is -0.125. The molecule has 0 spiro atoms. The number of imide groups is 1. The van der Waals surface area contributed by atoms with Crippen LogP contribution in [0.5, 0.6) is 0 Å². The van der Waals surface area contributed by atoms with Gasteiger partial charge < -0.3 is 5.32 Å². The Hall–Kier alpha value is -1.63. The summed E-state index contributed by atoms with van der Waals surface area (Å²) in [6.07, 6.45) is 0.